The zero-order chi connectivity index (χ0) is 20.9. The molecule has 0 radical (unpaired) electrons. The highest BCUT2D eigenvalue weighted by Crippen LogP contribution is 2.38. The van der Waals surface area contributed by atoms with Gasteiger partial charge in [-0.2, -0.15) is 0 Å². The zero-order valence-corrected chi connectivity index (χ0v) is 18.2. The van der Waals surface area contributed by atoms with Gasteiger partial charge in [-0.3, -0.25) is 9.69 Å². The van der Waals surface area contributed by atoms with E-state index in [9.17, 15) is 4.79 Å². The third-order valence-electron chi connectivity index (χ3n) is 4.90. The Balaban J connectivity index is 1.49. The summed E-state index contributed by atoms with van der Waals surface area (Å²) in [4.78, 5) is 15.4. The molecule has 1 aliphatic rings. The van der Waals surface area contributed by atoms with Gasteiger partial charge in [0.15, 0.2) is 0 Å². The van der Waals surface area contributed by atoms with Crippen LogP contribution in [0.1, 0.15) is 29.7 Å². The quantitative estimate of drug-likeness (QED) is 0.342. The van der Waals surface area contributed by atoms with E-state index in [4.69, 9.17) is 17.0 Å². The van der Waals surface area contributed by atoms with E-state index in [0.717, 1.165) is 22.4 Å². The van der Waals surface area contributed by atoms with Crippen molar-refractivity contribution in [3.63, 3.8) is 0 Å². The van der Waals surface area contributed by atoms with Crippen molar-refractivity contribution in [2.75, 3.05) is 0 Å². The van der Waals surface area contributed by atoms with Gasteiger partial charge in [-0.25, -0.2) is 0 Å². The lowest BCUT2D eigenvalue weighted by atomic mass is 10.1. The first-order valence-electron chi connectivity index (χ1n) is 9.70. The molecule has 0 aliphatic carbocycles. The molecule has 0 N–H and O–H groups in total. The number of rotatable bonds is 6. The SMILES string of the molecule is C[C@@H](c1ccccc1)N1C(=O)/C(=C/c2cccc(OCc3ccccc3)c2)SC1=S. The van der Waals surface area contributed by atoms with Gasteiger partial charge in [0.25, 0.3) is 5.91 Å². The first kappa shape index (κ1) is 20.4. The second-order valence-electron chi connectivity index (χ2n) is 6.99. The van der Waals surface area contributed by atoms with Crippen LogP contribution in [-0.2, 0) is 11.4 Å². The van der Waals surface area contributed by atoms with Crippen LogP contribution in [-0.4, -0.2) is 15.1 Å². The van der Waals surface area contributed by atoms with Crippen molar-refractivity contribution in [3.05, 3.63) is 107 Å². The van der Waals surface area contributed by atoms with E-state index in [1.165, 1.54) is 11.8 Å². The fourth-order valence-corrected chi connectivity index (χ4v) is 4.70. The van der Waals surface area contributed by atoms with E-state index in [2.05, 4.69) is 0 Å². The minimum atomic E-state index is -0.106. The summed E-state index contributed by atoms with van der Waals surface area (Å²) in [5, 5.41) is 0. The molecule has 0 bridgehead atoms. The van der Waals surface area contributed by atoms with Crippen LogP contribution >= 0.6 is 24.0 Å². The van der Waals surface area contributed by atoms with Gasteiger partial charge in [-0.05, 0) is 41.8 Å². The highest BCUT2D eigenvalue weighted by atomic mass is 32.2. The third-order valence-corrected chi connectivity index (χ3v) is 6.23. The van der Waals surface area contributed by atoms with E-state index < -0.39 is 0 Å². The summed E-state index contributed by atoms with van der Waals surface area (Å²) in [6.45, 7) is 2.50. The van der Waals surface area contributed by atoms with Crippen LogP contribution < -0.4 is 4.74 Å². The Morgan fingerprint density at radius 1 is 1.00 bits per heavy atom. The third kappa shape index (κ3) is 4.64. The maximum absolute atomic E-state index is 13.0. The summed E-state index contributed by atoms with van der Waals surface area (Å²) in [6, 6.07) is 27.6. The smallest absolute Gasteiger partial charge is 0.266 e. The number of amides is 1. The number of nitrogens with zero attached hydrogens (tertiary/aromatic N) is 1. The number of thioether (sulfide) groups is 1. The maximum atomic E-state index is 13.0. The Morgan fingerprint density at radius 2 is 1.70 bits per heavy atom. The van der Waals surface area contributed by atoms with Crippen molar-refractivity contribution >= 4 is 40.3 Å². The molecule has 1 aliphatic heterocycles. The molecule has 1 fully saturated rings. The van der Waals surface area contributed by atoms with Crippen molar-refractivity contribution in [1.82, 2.24) is 4.90 Å². The van der Waals surface area contributed by atoms with E-state index >= 15 is 0 Å². The molecule has 0 unspecified atom stereocenters. The number of carbonyl (C=O) groups is 1. The van der Waals surface area contributed by atoms with Gasteiger partial charge < -0.3 is 4.74 Å². The molecule has 1 saturated heterocycles. The van der Waals surface area contributed by atoms with Gasteiger partial charge in [0.1, 0.15) is 16.7 Å². The summed E-state index contributed by atoms with van der Waals surface area (Å²) in [7, 11) is 0. The van der Waals surface area contributed by atoms with Gasteiger partial charge in [-0.15, -0.1) is 0 Å². The average molecular weight is 432 g/mol. The van der Waals surface area contributed by atoms with Crippen LogP contribution in [0.5, 0.6) is 5.75 Å². The fourth-order valence-electron chi connectivity index (χ4n) is 3.28. The Kier molecular flexibility index (Phi) is 6.31. The summed E-state index contributed by atoms with van der Waals surface area (Å²) in [5.41, 5.74) is 3.08. The van der Waals surface area contributed by atoms with Crippen molar-refractivity contribution < 1.29 is 9.53 Å². The molecular formula is C25H21NO2S2. The molecular weight excluding hydrogens is 410 g/mol. The minimum Gasteiger partial charge on any atom is -0.489 e. The van der Waals surface area contributed by atoms with Crippen LogP contribution in [0, 0.1) is 0 Å². The predicted octanol–water partition coefficient (Wildman–Crippen LogP) is 6.23. The average Bonchev–Trinajstić information content (AvgIpc) is 3.06. The first-order chi connectivity index (χ1) is 14.6. The summed E-state index contributed by atoms with van der Waals surface area (Å²) in [6.07, 6.45) is 1.88. The molecule has 1 atom stereocenters. The molecule has 1 amide bonds. The summed E-state index contributed by atoms with van der Waals surface area (Å²) in [5.74, 6) is 0.706. The first-order valence-corrected chi connectivity index (χ1v) is 10.9. The van der Waals surface area contributed by atoms with Crippen LogP contribution in [0.4, 0.5) is 0 Å². The van der Waals surface area contributed by atoms with E-state index in [1.807, 2.05) is 97.9 Å². The molecule has 0 spiro atoms. The second-order valence-corrected chi connectivity index (χ2v) is 8.66. The number of hydrogen-bond donors (Lipinski definition) is 0. The molecule has 3 aromatic carbocycles. The van der Waals surface area contributed by atoms with Crippen LogP contribution in [0.25, 0.3) is 6.08 Å². The van der Waals surface area contributed by atoms with Gasteiger partial charge in [0, 0.05) is 0 Å². The largest absolute Gasteiger partial charge is 0.489 e. The lowest BCUT2D eigenvalue weighted by Crippen LogP contribution is -2.30. The van der Waals surface area contributed by atoms with Crippen LogP contribution in [0.2, 0.25) is 0 Å². The molecule has 30 heavy (non-hydrogen) atoms. The normalized spacial score (nSPS) is 16.2. The number of benzene rings is 3. The number of ether oxygens (including phenoxy) is 1. The van der Waals surface area contributed by atoms with E-state index in [1.54, 1.807) is 4.90 Å². The van der Waals surface area contributed by atoms with Gasteiger partial charge in [0.2, 0.25) is 0 Å². The minimum absolute atomic E-state index is 0.0584. The Hall–Kier alpha value is -2.89. The highest BCUT2D eigenvalue weighted by molar-refractivity contribution is 8.26. The van der Waals surface area contributed by atoms with Crippen LogP contribution in [0.3, 0.4) is 0 Å². The molecule has 1 heterocycles. The monoisotopic (exact) mass is 431 g/mol. The van der Waals surface area contributed by atoms with Gasteiger partial charge >= 0.3 is 0 Å². The second kappa shape index (κ2) is 9.28. The van der Waals surface area contributed by atoms with Crippen molar-refractivity contribution in [2.45, 2.75) is 19.6 Å². The summed E-state index contributed by atoms with van der Waals surface area (Å²) < 4.78 is 6.49. The summed E-state index contributed by atoms with van der Waals surface area (Å²) >= 11 is 6.85. The fraction of sp³-hybridized carbons (Fsp3) is 0.120. The number of thiocarbonyl (C=S) groups is 1. The molecule has 0 saturated carbocycles. The molecule has 4 rings (SSSR count). The topological polar surface area (TPSA) is 29.5 Å². The molecule has 0 aromatic heterocycles. The lowest BCUT2D eigenvalue weighted by molar-refractivity contribution is -0.123. The zero-order valence-electron chi connectivity index (χ0n) is 16.5. The van der Waals surface area contributed by atoms with Crippen molar-refractivity contribution in [3.8, 4) is 5.75 Å². The predicted molar refractivity (Wildman–Crippen MR) is 127 cm³/mol. The van der Waals surface area contributed by atoms with Crippen molar-refractivity contribution in [2.24, 2.45) is 0 Å². The van der Waals surface area contributed by atoms with Gasteiger partial charge in [-0.1, -0.05) is 96.8 Å². The van der Waals surface area contributed by atoms with E-state index in [-0.39, 0.29) is 11.9 Å². The Labute approximate surface area is 186 Å². The Morgan fingerprint density at radius 3 is 2.43 bits per heavy atom. The Bertz CT molecular complexity index is 1080. The maximum Gasteiger partial charge on any atom is 0.266 e. The van der Waals surface area contributed by atoms with E-state index in [0.29, 0.717) is 15.8 Å². The molecule has 5 heteroatoms. The highest BCUT2D eigenvalue weighted by Gasteiger charge is 2.35. The lowest BCUT2D eigenvalue weighted by Gasteiger charge is -2.23. The molecule has 3 aromatic rings. The van der Waals surface area contributed by atoms with Gasteiger partial charge in [0.05, 0.1) is 10.9 Å². The molecule has 150 valence electrons. The standard InChI is InChI=1S/C25H21NO2S2/c1-18(21-12-6-3-7-13-21)26-24(27)23(30-25(26)29)16-20-11-8-14-22(15-20)28-17-19-9-4-2-5-10-19/h2-16,18H,17H2,1H3/b23-16-/t18-/m0/s1. The van der Waals surface area contributed by atoms with Crippen LogP contribution in [0.15, 0.2) is 89.8 Å². The molecule has 3 nitrogen and oxygen atoms in total. The number of hydrogen-bond acceptors (Lipinski definition) is 4. The van der Waals surface area contributed by atoms with Crippen molar-refractivity contribution in [1.29, 1.82) is 0 Å². The number of carbonyl (C=O) groups excluding carboxylic acids is 1.